The van der Waals surface area contributed by atoms with Crippen molar-refractivity contribution in [2.24, 2.45) is 35.5 Å². The summed E-state index contributed by atoms with van der Waals surface area (Å²) in [5.74, 6) is -10.4. The lowest BCUT2D eigenvalue weighted by molar-refractivity contribution is -0.182. The predicted molar refractivity (Wildman–Crippen MR) is 379 cm³/mol. The summed E-state index contributed by atoms with van der Waals surface area (Å²) in [6, 6.07) is -8.51. The molecule has 24 nitrogen and oxygen atoms in total. The minimum Gasteiger partial charge on any atom is -0.343 e. The average molecular weight is 1460 g/mol. The second-order valence-electron chi connectivity index (χ2n) is 31.4. The summed E-state index contributed by atoms with van der Waals surface area (Å²) in [6.45, 7) is 8.29. The molecule has 7 fully saturated rings. The molecule has 0 aromatic rings. The Balaban J connectivity index is 1.29. The van der Waals surface area contributed by atoms with E-state index in [2.05, 4.69) is 16.0 Å². The van der Waals surface area contributed by atoms with E-state index in [1.807, 2.05) is 20.8 Å². The van der Waals surface area contributed by atoms with Gasteiger partial charge in [0.2, 0.25) is 70.9 Å². The Morgan fingerprint density at radius 3 is 1.79 bits per heavy atom. The molecular formula is C74H120ClF3N12O12. The first kappa shape index (κ1) is 83.0. The zero-order chi connectivity index (χ0) is 75.1. The van der Waals surface area contributed by atoms with Crippen LogP contribution in [0.15, 0.2) is 0 Å². The van der Waals surface area contributed by atoms with Crippen LogP contribution in [0.5, 0.6) is 0 Å². The highest BCUT2D eigenvalue weighted by molar-refractivity contribution is 6.21. The molecule has 4 aliphatic carbocycles. The van der Waals surface area contributed by atoms with Gasteiger partial charge < -0.3 is 60.0 Å². The zero-order valence-electron chi connectivity index (χ0n) is 62.8. The van der Waals surface area contributed by atoms with Gasteiger partial charge in [0.05, 0.1) is 32.0 Å². The molecule has 0 bridgehead atoms. The summed E-state index contributed by atoms with van der Waals surface area (Å²) in [7, 11) is 8.74. The van der Waals surface area contributed by atoms with E-state index < -0.39 is 174 Å². The van der Waals surface area contributed by atoms with E-state index in [9.17, 15) is 37.1 Å². The van der Waals surface area contributed by atoms with Crippen molar-refractivity contribution in [1.29, 1.82) is 0 Å². The van der Waals surface area contributed by atoms with Crippen LogP contribution in [0.2, 0.25) is 0 Å². The van der Waals surface area contributed by atoms with Gasteiger partial charge in [0.25, 0.3) is 0 Å². The van der Waals surface area contributed by atoms with Crippen LogP contribution < -0.4 is 16.0 Å². The standard InChI is InChI=1S/C74H120ClF3N12O12/c1-12-48(5)63-70(100)83(7)45-61(93)82(6)46-62(94)85(9)57(42-49-26-17-14-18-27-49)68(98)88(13-2)44-59(91)79-54(34-32-50-31-33-52(53(75)41-50)74(76,77)78)67(97)90-39-25-30-55(90)66(96)81-73(35-21-22-36-73)72(102)87(11)64(51-28-19-15-20-29-51)71(101)86(10)58(69(99)89-37-23-16-24-38-89)43-60(92)84(8)56(40-47(3)4)65(95)80-63/h47-58,63-64H,12-46H2,1-11H3,(H,79,91)(H,80,95)(H,81,96)/t48-,50?,52?,53?,54-,55-,56-,57-,58-,63-,64-/m0/s1. The fourth-order valence-corrected chi connectivity index (χ4v) is 17.5. The minimum atomic E-state index is -4.51. The van der Waals surface area contributed by atoms with Crippen LogP contribution in [0.1, 0.15) is 214 Å². The third-order valence-electron chi connectivity index (χ3n) is 23.7. The Hall–Kier alpha value is -6.28. The molecule has 7 aliphatic rings. The van der Waals surface area contributed by atoms with Gasteiger partial charge in [-0.1, -0.05) is 98.3 Å². The highest BCUT2D eigenvalue weighted by atomic mass is 35.5. The summed E-state index contributed by atoms with van der Waals surface area (Å²) in [5.41, 5.74) is -1.55. The van der Waals surface area contributed by atoms with Crippen LogP contribution in [0.3, 0.4) is 0 Å². The summed E-state index contributed by atoms with van der Waals surface area (Å²) in [4.78, 5) is 192. The summed E-state index contributed by atoms with van der Waals surface area (Å²) >= 11 is 6.43. The molecule has 0 aromatic heterocycles. The molecule has 28 heteroatoms. The Morgan fingerprint density at radius 2 is 1.20 bits per heavy atom. The van der Waals surface area contributed by atoms with Gasteiger partial charge in [0.15, 0.2) is 0 Å². The second kappa shape index (κ2) is 37.6. The smallest absolute Gasteiger partial charge is 0.343 e. The fourth-order valence-electron chi connectivity index (χ4n) is 17.0. The Morgan fingerprint density at radius 1 is 0.588 bits per heavy atom. The Bertz CT molecular complexity index is 2940. The van der Waals surface area contributed by atoms with Crippen LogP contribution in [-0.2, 0) is 57.5 Å². The third-order valence-corrected chi connectivity index (χ3v) is 24.2. The number of amides is 12. The number of alkyl halides is 4. The van der Waals surface area contributed by atoms with Crippen molar-refractivity contribution in [2.45, 2.75) is 274 Å². The first-order valence-corrected chi connectivity index (χ1v) is 38.7. The number of hydrogen-bond donors (Lipinski definition) is 3. The van der Waals surface area contributed by atoms with E-state index in [4.69, 9.17) is 11.6 Å². The molecule has 1 spiro atoms. The van der Waals surface area contributed by atoms with Gasteiger partial charge in [-0.3, -0.25) is 57.5 Å². The van der Waals surface area contributed by atoms with Crippen LogP contribution in [-0.4, -0.2) is 262 Å². The lowest BCUT2D eigenvalue weighted by atomic mass is 9.78. The molecule has 576 valence electrons. The minimum absolute atomic E-state index is 0.00398. The number of carbonyl (C=O) groups excluding carboxylic acids is 12. The largest absolute Gasteiger partial charge is 0.393 e. The second-order valence-corrected chi connectivity index (χ2v) is 32.0. The average Bonchev–Trinajstić information content (AvgIpc) is 1.46. The first-order valence-electron chi connectivity index (χ1n) is 38.3. The lowest BCUT2D eigenvalue weighted by Crippen LogP contribution is -2.65. The number of fused-ring (bicyclic) bond motifs is 1. The number of rotatable bonds is 12. The predicted octanol–water partition coefficient (Wildman–Crippen LogP) is 6.87. The SMILES string of the molecule is CC[C@H](C)[C@@H]1NC(=O)[C@H](CC(C)C)N(C)C(=O)C[C@@H](C(=O)N2CCCCC2)N(C)C(=O)[C@H](C2CCCCC2)N(C)C(=O)C2(CCCC2)NC(=O)[C@@H]2CCCN2C(=O)[C@H](CCC2CCC(C(F)(F)F)C(Cl)C2)NC(=O)CN(CC)C(=O)[C@H](CC2CCCCC2)N(C)C(=O)CN(C)C(=O)CN(C)C1=O. The van der Waals surface area contributed by atoms with Crippen molar-refractivity contribution in [3.8, 4) is 0 Å². The highest BCUT2D eigenvalue weighted by Crippen LogP contribution is 2.44. The van der Waals surface area contributed by atoms with E-state index in [-0.39, 0.29) is 95.1 Å². The van der Waals surface area contributed by atoms with Gasteiger partial charge in [-0.15, -0.1) is 11.6 Å². The van der Waals surface area contributed by atoms with Crippen molar-refractivity contribution < 1.29 is 70.7 Å². The number of piperidine rings is 1. The van der Waals surface area contributed by atoms with Crippen LogP contribution in [0.25, 0.3) is 0 Å². The fraction of sp³-hybridized carbons (Fsp3) is 0.838. The summed E-state index contributed by atoms with van der Waals surface area (Å²) in [6.07, 6.45) is 8.01. The van der Waals surface area contributed by atoms with Gasteiger partial charge in [0.1, 0.15) is 47.8 Å². The van der Waals surface area contributed by atoms with Crippen molar-refractivity contribution in [3.05, 3.63) is 0 Å². The first-order chi connectivity index (χ1) is 48.2. The maximum absolute atomic E-state index is 15.8. The molecule has 11 atom stereocenters. The van der Waals surface area contributed by atoms with Gasteiger partial charge in [-0.2, -0.15) is 13.2 Å². The number of likely N-dealkylation sites (N-methyl/N-ethyl adjacent to an activating group) is 7. The monoisotopic (exact) mass is 1460 g/mol. The Kier molecular flexibility index (Phi) is 30.6. The molecule has 3 heterocycles. The normalized spacial score (nSPS) is 29.8. The molecule has 0 radical (unpaired) electrons. The van der Waals surface area contributed by atoms with Crippen molar-refractivity contribution in [3.63, 3.8) is 0 Å². The molecule has 3 saturated heterocycles. The number of carbonyl (C=O) groups is 12. The van der Waals surface area contributed by atoms with E-state index in [0.29, 0.717) is 64.5 Å². The molecule has 3 N–H and O–H groups in total. The number of nitrogens with zero attached hydrogens (tertiary/aromatic N) is 9. The molecule has 7 rings (SSSR count). The van der Waals surface area contributed by atoms with E-state index in [1.165, 1.54) is 76.6 Å². The van der Waals surface area contributed by atoms with E-state index >= 15 is 33.6 Å². The van der Waals surface area contributed by atoms with Crippen LogP contribution in [0.4, 0.5) is 13.2 Å². The maximum atomic E-state index is 15.8. The number of hydrogen-bond acceptors (Lipinski definition) is 12. The molecule has 3 aliphatic heterocycles. The van der Waals surface area contributed by atoms with E-state index in [0.717, 1.165) is 62.7 Å². The third kappa shape index (κ3) is 21.0. The maximum Gasteiger partial charge on any atom is 0.393 e. The van der Waals surface area contributed by atoms with Gasteiger partial charge in [0, 0.05) is 73.8 Å². The zero-order valence-corrected chi connectivity index (χ0v) is 63.5. The van der Waals surface area contributed by atoms with Gasteiger partial charge in [-0.05, 0) is 139 Å². The van der Waals surface area contributed by atoms with Crippen LogP contribution >= 0.6 is 11.6 Å². The molecule has 12 amide bonds. The van der Waals surface area contributed by atoms with E-state index in [1.54, 1.807) is 18.7 Å². The van der Waals surface area contributed by atoms with Gasteiger partial charge >= 0.3 is 6.18 Å². The molecular weight excluding hydrogens is 1340 g/mol. The Labute approximate surface area is 608 Å². The van der Waals surface area contributed by atoms with Crippen LogP contribution in [0, 0.1) is 35.5 Å². The number of halogens is 4. The molecule has 4 saturated carbocycles. The summed E-state index contributed by atoms with van der Waals surface area (Å²) in [5, 5.41) is 7.70. The lowest BCUT2D eigenvalue weighted by Gasteiger charge is -2.43. The number of nitrogens with one attached hydrogen (secondary N) is 3. The topological polar surface area (TPSA) is 270 Å². The van der Waals surface area contributed by atoms with Crippen molar-refractivity contribution >= 4 is 82.5 Å². The van der Waals surface area contributed by atoms with Gasteiger partial charge in [-0.25, -0.2) is 0 Å². The summed E-state index contributed by atoms with van der Waals surface area (Å²) < 4.78 is 42.2. The van der Waals surface area contributed by atoms with Crippen molar-refractivity contribution in [2.75, 3.05) is 88.1 Å². The highest BCUT2D eigenvalue weighted by Gasteiger charge is 2.52. The molecule has 102 heavy (non-hydrogen) atoms. The van der Waals surface area contributed by atoms with Crippen molar-refractivity contribution in [1.82, 2.24) is 60.0 Å². The molecule has 0 aromatic carbocycles. The quantitative estimate of drug-likeness (QED) is 0.169. The molecule has 3 unspecified atom stereocenters. The number of likely N-dealkylation sites (tertiary alicyclic amines) is 1.